The third kappa shape index (κ3) is 2.89. The summed E-state index contributed by atoms with van der Waals surface area (Å²) < 4.78 is 29.4. The molecule has 0 atom stereocenters. The van der Waals surface area contributed by atoms with Gasteiger partial charge in [0.2, 0.25) is 10.0 Å². The van der Waals surface area contributed by atoms with E-state index in [2.05, 4.69) is 9.88 Å². The molecule has 21 heavy (non-hydrogen) atoms. The molecule has 2 fully saturated rings. The van der Waals surface area contributed by atoms with Gasteiger partial charge in [0.1, 0.15) is 4.90 Å². The maximum Gasteiger partial charge on any atom is 0.244 e. The van der Waals surface area contributed by atoms with Crippen LogP contribution in [0.25, 0.3) is 0 Å². The first-order valence-electron chi connectivity index (χ1n) is 7.87. The van der Waals surface area contributed by atoms with Crippen LogP contribution in [0.15, 0.2) is 17.2 Å². The molecule has 0 aliphatic heterocycles. The minimum absolute atomic E-state index is 0.173. The predicted octanol–water partition coefficient (Wildman–Crippen LogP) is 2.11. The summed E-state index contributed by atoms with van der Waals surface area (Å²) in [5, 5.41) is 3.13. The van der Waals surface area contributed by atoms with Crippen LogP contribution in [-0.4, -0.2) is 37.4 Å². The lowest BCUT2D eigenvalue weighted by molar-refractivity contribution is 0.373. The van der Waals surface area contributed by atoms with Crippen LogP contribution in [0.4, 0.5) is 0 Å². The van der Waals surface area contributed by atoms with E-state index in [1.54, 1.807) is 11.4 Å². The molecule has 0 amide bonds. The van der Waals surface area contributed by atoms with Crippen LogP contribution in [0.5, 0.6) is 0 Å². The van der Waals surface area contributed by atoms with Gasteiger partial charge in [-0.25, -0.2) is 8.42 Å². The molecular weight excluding hydrogens is 286 g/mol. The van der Waals surface area contributed by atoms with Gasteiger partial charge in [-0.1, -0.05) is 12.8 Å². The molecule has 1 N–H and O–H groups in total. The first-order valence-corrected chi connectivity index (χ1v) is 9.31. The van der Waals surface area contributed by atoms with Gasteiger partial charge in [-0.15, -0.1) is 0 Å². The lowest BCUT2D eigenvalue weighted by atomic mass is 10.3. The van der Waals surface area contributed by atoms with E-state index < -0.39 is 10.0 Å². The molecule has 5 nitrogen and oxygen atoms in total. The Balaban J connectivity index is 1.89. The van der Waals surface area contributed by atoms with Crippen molar-refractivity contribution < 1.29 is 8.42 Å². The number of rotatable bonds is 6. The Morgan fingerprint density at radius 3 is 2.52 bits per heavy atom. The van der Waals surface area contributed by atoms with Crippen molar-refractivity contribution in [3.8, 4) is 0 Å². The number of nitrogens with one attached hydrogen (secondary N) is 1. The second-order valence-electron chi connectivity index (χ2n) is 6.30. The summed E-state index contributed by atoms with van der Waals surface area (Å²) in [6, 6.07) is 2.51. The van der Waals surface area contributed by atoms with Gasteiger partial charge in [-0.05, 0) is 38.8 Å². The van der Waals surface area contributed by atoms with Gasteiger partial charge in [-0.3, -0.25) is 0 Å². The van der Waals surface area contributed by atoms with Crippen molar-refractivity contribution >= 4 is 10.0 Å². The lowest BCUT2D eigenvalue weighted by Gasteiger charge is -2.22. The topological polar surface area (TPSA) is 54.3 Å². The lowest BCUT2D eigenvalue weighted by Crippen LogP contribution is -2.35. The van der Waals surface area contributed by atoms with E-state index in [1.807, 2.05) is 19.3 Å². The second kappa shape index (κ2) is 5.74. The Morgan fingerprint density at radius 1 is 1.29 bits per heavy atom. The highest BCUT2D eigenvalue weighted by atomic mass is 32.2. The molecule has 0 aromatic carbocycles. The Hall–Kier alpha value is -0.850. The van der Waals surface area contributed by atoms with Gasteiger partial charge in [0.05, 0.1) is 0 Å². The predicted molar refractivity (Wildman–Crippen MR) is 82.7 cm³/mol. The summed E-state index contributed by atoms with van der Waals surface area (Å²) in [7, 11) is 0.262. The summed E-state index contributed by atoms with van der Waals surface area (Å²) in [6.45, 7) is 0.708. The van der Waals surface area contributed by atoms with Gasteiger partial charge in [-0.2, -0.15) is 4.31 Å². The molecule has 0 unspecified atom stereocenters. The third-order valence-corrected chi connectivity index (χ3v) is 6.60. The number of aromatic nitrogens is 1. The van der Waals surface area contributed by atoms with Crippen molar-refractivity contribution in [2.45, 2.75) is 62.0 Å². The Kier molecular flexibility index (Phi) is 4.12. The van der Waals surface area contributed by atoms with Gasteiger partial charge < -0.3 is 9.88 Å². The Morgan fingerprint density at radius 2 is 1.95 bits per heavy atom. The molecule has 1 heterocycles. The normalized spacial score (nSPS) is 20.5. The zero-order valence-corrected chi connectivity index (χ0v) is 13.7. The summed E-state index contributed by atoms with van der Waals surface area (Å²) in [5.41, 5.74) is 1.07. The third-order valence-electron chi connectivity index (χ3n) is 4.72. The first kappa shape index (κ1) is 15.1. The average molecular weight is 311 g/mol. The van der Waals surface area contributed by atoms with Crippen LogP contribution in [-0.2, 0) is 16.6 Å². The van der Waals surface area contributed by atoms with Crippen LogP contribution in [0, 0.1) is 0 Å². The number of hydrogen-bond acceptors (Lipinski definition) is 3. The molecule has 118 valence electrons. The SMILES string of the molecule is CNCc1cc(S(=O)(=O)N(C)C2CCCC2)cn1C1CC1. The molecular formula is C15H25N3O2S. The molecule has 6 heteroatoms. The molecule has 0 spiro atoms. The van der Waals surface area contributed by atoms with E-state index in [9.17, 15) is 8.42 Å². The summed E-state index contributed by atoms with van der Waals surface area (Å²) in [5.74, 6) is 0. The minimum atomic E-state index is -3.36. The van der Waals surface area contributed by atoms with E-state index in [4.69, 9.17) is 0 Å². The Labute approximate surface area is 127 Å². The van der Waals surface area contributed by atoms with Crippen LogP contribution in [0.3, 0.4) is 0 Å². The van der Waals surface area contributed by atoms with Crippen molar-refractivity contribution in [3.63, 3.8) is 0 Å². The van der Waals surface area contributed by atoms with Crippen LogP contribution >= 0.6 is 0 Å². The van der Waals surface area contributed by atoms with Crippen molar-refractivity contribution in [2.24, 2.45) is 0 Å². The fourth-order valence-electron chi connectivity index (χ4n) is 3.28. The fraction of sp³-hybridized carbons (Fsp3) is 0.733. The maximum atomic E-state index is 12.8. The van der Waals surface area contributed by atoms with Crippen molar-refractivity contribution in [2.75, 3.05) is 14.1 Å². The first-order chi connectivity index (χ1) is 10.0. The molecule has 3 rings (SSSR count). The Bertz CT molecular complexity index is 598. The summed E-state index contributed by atoms with van der Waals surface area (Å²) in [4.78, 5) is 0.453. The van der Waals surface area contributed by atoms with Gasteiger partial charge in [0, 0.05) is 37.6 Å². The smallest absolute Gasteiger partial charge is 0.244 e. The zero-order valence-electron chi connectivity index (χ0n) is 12.9. The highest BCUT2D eigenvalue weighted by Gasteiger charge is 2.33. The van der Waals surface area contributed by atoms with Gasteiger partial charge in [0.25, 0.3) is 0 Å². The molecule has 0 saturated heterocycles. The van der Waals surface area contributed by atoms with Crippen molar-refractivity contribution in [1.82, 2.24) is 14.2 Å². The van der Waals surface area contributed by atoms with Crippen molar-refractivity contribution in [3.05, 3.63) is 18.0 Å². The van der Waals surface area contributed by atoms with Crippen LogP contribution in [0.1, 0.15) is 50.3 Å². The number of nitrogens with zero attached hydrogens (tertiary/aromatic N) is 2. The second-order valence-corrected chi connectivity index (χ2v) is 8.29. The molecule has 2 aliphatic rings. The largest absolute Gasteiger partial charge is 0.346 e. The number of sulfonamides is 1. The fourth-order valence-corrected chi connectivity index (χ4v) is 4.75. The molecule has 0 radical (unpaired) electrons. The van der Waals surface area contributed by atoms with Crippen LogP contribution in [0.2, 0.25) is 0 Å². The standard InChI is InChI=1S/C15H25N3O2S/c1-16-10-14-9-15(11-18(14)13-7-8-13)21(19,20)17(2)12-5-3-4-6-12/h9,11-13,16H,3-8,10H2,1-2H3. The van der Waals surface area contributed by atoms with E-state index in [-0.39, 0.29) is 6.04 Å². The molecule has 1 aromatic rings. The monoisotopic (exact) mass is 311 g/mol. The molecule has 2 saturated carbocycles. The van der Waals surface area contributed by atoms with E-state index in [0.29, 0.717) is 17.5 Å². The van der Waals surface area contributed by atoms with E-state index >= 15 is 0 Å². The van der Waals surface area contributed by atoms with Crippen LogP contribution < -0.4 is 5.32 Å². The maximum absolute atomic E-state index is 12.8. The van der Waals surface area contributed by atoms with Gasteiger partial charge in [0.15, 0.2) is 0 Å². The molecule has 2 aliphatic carbocycles. The minimum Gasteiger partial charge on any atom is -0.346 e. The zero-order chi connectivity index (χ0) is 15.0. The summed E-state index contributed by atoms with van der Waals surface area (Å²) >= 11 is 0. The quantitative estimate of drug-likeness (QED) is 0.875. The van der Waals surface area contributed by atoms with Crippen molar-refractivity contribution in [1.29, 1.82) is 0 Å². The molecule has 0 bridgehead atoms. The average Bonchev–Trinajstić information content (AvgIpc) is 3.00. The molecule has 1 aromatic heterocycles. The van der Waals surface area contributed by atoms with E-state index in [1.165, 1.54) is 0 Å². The summed E-state index contributed by atoms with van der Waals surface area (Å²) in [6.07, 6.45) is 8.40. The van der Waals surface area contributed by atoms with E-state index in [0.717, 1.165) is 44.2 Å². The number of hydrogen-bond donors (Lipinski definition) is 1. The highest BCUT2D eigenvalue weighted by molar-refractivity contribution is 7.89. The van der Waals surface area contributed by atoms with Gasteiger partial charge >= 0.3 is 0 Å². The highest BCUT2D eigenvalue weighted by Crippen LogP contribution is 2.38.